The number of halogens is 1. The van der Waals surface area contributed by atoms with E-state index in [1.807, 2.05) is 12.1 Å². The number of carbonyl (C=O) groups is 2. The van der Waals surface area contributed by atoms with E-state index in [0.717, 1.165) is 29.3 Å². The van der Waals surface area contributed by atoms with E-state index in [0.29, 0.717) is 18.4 Å². The van der Waals surface area contributed by atoms with E-state index in [-0.39, 0.29) is 12.5 Å². The molecular formula is C16H20INO3. The van der Waals surface area contributed by atoms with Crippen LogP contribution < -0.4 is 5.32 Å². The molecule has 1 fully saturated rings. The molecule has 0 spiro atoms. The summed E-state index contributed by atoms with van der Waals surface area (Å²) in [4.78, 5) is 23.8. The van der Waals surface area contributed by atoms with Crippen LogP contribution in [-0.2, 0) is 4.79 Å². The second-order valence-electron chi connectivity index (χ2n) is 5.69. The highest BCUT2D eigenvalue weighted by Gasteiger charge is 2.38. The number of nitrogens with one attached hydrogen (secondary N) is 1. The molecule has 0 aliphatic heterocycles. The lowest BCUT2D eigenvalue weighted by Crippen LogP contribution is -2.42. The molecule has 4 nitrogen and oxygen atoms in total. The highest BCUT2D eigenvalue weighted by atomic mass is 127. The maximum absolute atomic E-state index is 12.1. The van der Waals surface area contributed by atoms with Crippen molar-refractivity contribution in [3.63, 3.8) is 0 Å². The fraction of sp³-hybridized carbons (Fsp3) is 0.500. The third-order valence-corrected chi connectivity index (χ3v) is 4.93. The van der Waals surface area contributed by atoms with Crippen LogP contribution in [0.4, 0.5) is 0 Å². The normalized spacial score (nSPS) is 17.8. The molecule has 114 valence electrons. The van der Waals surface area contributed by atoms with Gasteiger partial charge in [0.2, 0.25) is 0 Å². The van der Waals surface area contributed by atoms with Crippen molar-refractivity contribution in [2.24, 2.45) is 5.41 Å². The quantitative estimate of drug-likeness (QED) is 0.600. The Bertz CT molecular complexity index is 505. The minimum atomic E-state index is -0.796. The third-order valence-electron chi connectivity index (χ3n) is 4.21. The van der Waals surface area contributed by atoms with Crippen LogP contribution in [0.2, 0.25) is 0 Å². The molecule has 0 aromatic heterocycles. The number of benzene rings is 1. The van der Waals surface area contributed by atoms with Crippen LogP contribution in [0.1, 0.15) is 48.9 Å². The zero-order chi connectivity index (χ0) is 15.3. The first-order chi connectivity index (χ1) is 10.0. The molecule has 0 unspecified atom stereocenters. The maximum atomic E-state index is 12.1. The second kappa shape index (κ2) is 7.24. The van der Waals surface area contributed by atoms with Gasteiger partial charge in [0.05, 0.1) is 5.41 Å². The zero-order valence-corrected chi connectivity index (χ0v) is 14.1. The summed E-state index contributed by atoms with van der Waals surface area (Å²) >= 11 is 2.18. The molecule has 0 atom stereocenters. The van der Waals surface area contributed by atoms with Gasteiger partial charge in [-0.05, 0) is 59.7 Å². The van der Waals surface area contributed by atoms with Gasteiger partial charge < -0.3 is 10.4 Å². The number of carboxylic acid groups (broad SMARTS) is 1. The Labute approximate surface area is 138 Å². The van der Waals surface area contributed by atoms with E-state index in [9.17, 15) is 14.7 Å². The van der Waals surface area contributed by atoms with E-state index >= 15 is 0 Å². The van der Waals surface area contributed by atoms with Crippen molar-refractivity contribution in [3.05, 3.63) is 33.4 Å². The number of rotatable bonds is 4. The van der Waals surface area contributed by atoms with Gasteiger partial charge in [-0.15, -0.1) is 0 Å². The van der Waals surface area contributed by atoms with Crippen LogP contribution in [0.15, 0.2) is 24.3 Å². The molecule has 1 amide bonds. The molecule has 1 saturated carbocycles. The molecule has 21 heavy (non-hydrogen) atoms. The Morgan fingerprint density at radius 3 is 2.19 bits per heavy atom. The Hall–Kier alpha value is -1.11. The maximum Gasteiger partial charge on any atom is 0.311 e. The average molecular weight is 401 g/mol. The summed E-state index contributed by atoms with van der Waals surface area (Å²) in [5, 5.41) is 12.4. The van der Waals surface area contributed by atoms with E-state index in [4.69, 9.17) is 0 Å². The molecule has 5 heteroatoms. The summed E-state index contributed by atoms with van der Waals surface area (Å²) < 4.78 is 1.06. The number of amides is 1. The number of aliphatic carboxylic acids is 1. The van der Waals surface area contributed by atoms with Crippen LogP contribution >= 0.6 is 22.6 Å². The van der Waals surface area contributed by atoms with Crippen molar-refractivity contribution >= 4 is 34.5 Å². The average Bonchev–Trinajstić information content (AvgIpc) is 2.72. The number of hydrogen-bond donors (Lipinski definition) is 2. The molecule has 1 aromatic carbocycles. The fourth-order valence-corrected chi connectivity index (χ4v) is 3.18. The highest BCUT2D eigenvalue weighted by Crippen LogP contribution is 2.34. The van der Waals surface area contributed by atoms with Crippen molar-refractivity contribution in [1.29, 1.82) is 0 Å². The number of carbonyl (C=O) groups excluding carboxylic acids is 1. The van der Waals surface area contributed by atoms with Crippen LogP contribution in [-0.4, -0.2) is 23.5 Å². The van der Waals surface area contributed by atoms with E-state index < -0.39 is 11.4 Å². The van der Waals surface area contributed by atoms with Gasteiger partial charge in [0.15, 0.2) is 0 Å². The summed E-state index contributed by atoms with van der Waals surface area (Å²) in [7, 11) is 0. The first-order valence-electron chi connectivity index (χ1n) is 7.31. The van der Waals surface area contributed by atoms with Crippen molar-refractivity contribution in [2.75, 3.05) is 6.54 Å². The van der Waals surface area contributed by atoms with Crippen molar-refractivity contribution in [3.8, 4) is 0 Å². The van der Waals surface area contributed by atoms with Crippen LogP contribution in [0.25, 0.3) is 0 Å². The SMILES string of the molecule is O=C(NCC1(C(=O)O)CCCCCC1)c1ccc(I)cc1. The van der Waals surface area contributed by atoms with Gasteiger partial charge in [0.25, 0.3) is 5.91 Å². The summed E-state index contributed by atoms with van der Waals surface area (Å²) in [5.74, 6) is -0.983. The van der Waals surface area contributed by atoms with E-state index in [2.05, 4.69) is 27.9 Å². The van der Waals surface area contributed by atoms with Crippen LogP contribution in [0.3, 0.4) is 0 Å². The summed E-state index contributed by atoms with van der Waals surface area (Å²) in [6.45, 7) is 0.215. The van der Waals surface area contributed by atoms with Gasteiger partial charge in [-0.25, -0.2) is 0 Å². The van der Waals surface area contributed by atoms with Gasteiger partial charge >= 0.3 is 5.97 Å². The monoisotopic (exact) mass is 401 g/mol. The Morgan fingerprint density at radius 2 is 1.67 bits per heavy atom. The predicted molar refractivity (Wildman–Crippen MR) is 89.3 cm³/mol. The van der Waals surface area contributed by atoms with Crippen LogP contribution in [0.5, 0.6) is 0 Å². The Kier molecular flexibility index (Phi) is 5.61. The Morgan fingerprint density at radius 1 is 1.10 bits per heavy atom. The Balaban J connectivity index is 2.02. The highest BCUT2D eigenvalue weighted by molar-refractivity contribution is 14.1. The van der Waals surface area contributed by atoms with Crippen LogP contribution in [0, 0.1) is 8.99 Å². The molecule has 1 aromatic rings. The zero-order valence-electron chi connectivity index (χ0n) is 11.9. The van der Waals surface area contributed by atoms with Gasteiger partial charge in [0, 0.05) is 15.7 Å². The molecule has 0 bridgehead atoms. The lowest BCUT2D eigenvalue weighted by molar-refractivity contribution is -0.149. The lowest BCUT2D eigenvalue weighted by atomic mass is 9.80. The standard InChI is InChI=1S/C16H20INO3/c17-13-7-5-12(6-8-13)14(19)18-11-16(15(20)21)9-3-1-2-4-10-16/h5-8H,1-4,9-11H2,(H,18,19)(H,20,21). The van der Waals surface area contributed by atoms with Crippen molar-refractivity contribution in [1.82, 2.24) is 5.32 Å². The third kappa shape index (κ3) is 4.18. The molecule has 2 rings (SSSR count). The largest absolute Gasteiger partial charge is 0.481 e. The van der Waals surface area contributed by atoms with Gasteiger partial charge in [0.1, 0.15) is 0 Å². The summed E-state index contributed by atoms with van der Waals surface area (Å²) in [5.41, 5.74) is -0.223. The van der Waals surface area contributed by atoms with E-state index in [1.54, 1.807) is 12.1 Å². The van der Waals surface area contributed by atoms with Crippen molar-refractivity contribution < 1.29 is 14.7 Å². The predicted octanol–water partition coefficient (Wildman–Crippen LogP) is 3.45. The smallest absolute Gasteiger partial charge is 0.311 e. The second-order valence-corrected chi connectivity index (χ2v) is 6.93. The summed E-state index contributed by atoms with van der Waals surface area (Å²) in [6.07, 6.45) is 5.31. The molecule has 0 heterocycles. The fourth-order valence-electron chi connectivity index (χ4n) is 2.82. The number of carboxylic acids is 1. The molecular weight excluding hydrogens is 381 g/mol. The van der Waals surface area contributed by atoms with Crippen molar-refractivity contribution in [2.45, 2.75) is 38.5 Å². The molecule has 1 aliphatic rings. The topological polar surface area (TPSA) is 66.4 Å². The lowest BCUT2D eigenvalue weighted by Gasteiger charge is -2.28. The molecule has 0 saturated heterocycles. The molecule has 1 aliphatic carbocycles. The van der Waals surface area contributed by atoms with Gasteiger partial charge in [-0.3, -0.25) is 9.59 Å². The first-order valence-corrected chi connectivity index (χ1v) is 8.39. The number of hydrogen-bond acceptors (Lipinski definition) is 2. The van der Waals surface area contributed by atoms with Gasteiger partial charge in [-0.1, -0.05) is 25.7 Å². The molecule has 0 radical (unpaired) electrons. The molecule has 2 N–H and O–H groups in total. The minimum absolute atomic E-state index is 0.198. The van der Waals surface area contributed by atoms with E-state index in [1.165, 1.54) is 0 Å². The first kappa shape index (κ1) is 16.3. The minimum Gasteiger partial charge on any atom is -0.481 e. The summed E-state index contributed by atoms with van der Waals surface area (Å²) in [6, 6.07) is 7.26. The van der Waals surface area contributed by atoms with Gasteiger partial charge in [-0.2, -0.15) is 0 Å².